The van der Waals surface area contributed by atoms with Crippen molar-refractivity contribution in [2.24, 2.45) is 27.2 Å². The van der Waals surface area contributed by atoms with Crippen LogP contribution in [0.4, 0.5) is 0 Å². The van der Waals surface area contributed by atoms with Crippen molar-refractivity contribution in [3.05, 3.63) is 150 Å². The van der Waals surface area contributed by atoms with Crippen molar-refractivity contribution in [1.82, 2.24) is 5.32 Å². The number of benzene rings is 2. The van der Waals surface area contributed by atoms with Gasteiger partial charge in [0, 0.05) is 17.1 Å². The van der Waals surface area contributed by atoms with Gasteiger partial charge in [-0.05, 0) is 86.4 Å². The third-order valence-electron chi connectivity index (χ3n) is 7.09. The molecule has 6 nitrogen and oxygen atoms in total. The van der Waals surface area contributed by atoms with Gasteiger partial charge in [0.2, 0.25) is 0 Å². The van der Waals surface area contributed by atoms with E-state index in [1.165, 1.54) is 22.3 Å². The van der Waals surface area contributed by atoms with Crippen molar-refractivity contribution < 1.29 is 0 Å². The van der Waals surface area contributed by atoms with Crippen LogP contribution in [0.1, 0.15) is 74.9 Å². The summed E-state index contributed by atoms with van der Waals surface area (Å²) in [6, 6.07) is 14.0. The number of nitrogens with zero attached hydrogens (tertiary/aromatic N) is 2. The number of aliphatic imine (C=N–C) groups is 2. The van der Waals surface area contributed by atoms with Crippen molar-refractivity contribution in [3.8, 4) is 0 Å². The van der Waals surface area contributed by atoms with Gasteiger partial charge in [-0.15, -0.1) is 0 Å². The Hall–Kier alpha value is -4.84. The Morgan fingerprint density at radius 3 is 2.00 bits per heavy atom. The summed E-state index contributed by atoms with van der Waals surface area (Å²) in [4.78, 5) is 9.02. The van der Waals surface area contributed by atoms with Gasteiger partial charge in [0.1, 0.15) is 5.84 Å². The fraction of sp³-hybridized carbons (Fsp3) is 0.282. The minimum Gasteiger partial charge on any atom is -0.401 e. The third kappa shape index (κ3) is 13.6. The van der Waals surface area contributed by atoms with Crippen molar-refractivity contribution in [3.63, 3.8) is 0 Å². The first-order chi connectivity index (χ1) is 21.1. The molecule has 0 aliphatic heterocycles. The Balaban J connectivity index is 0.000000600. The molecule has 2 aromatic carbocycles. The summed E-state index contributed by atoms with van der Waals surface area (Å²) in [5.41, 5.74) is 29.1. The van der Waals surface area contributed by atoms with E-state index >= 15 is 0 Å². The molecule has 0 bridgehead atoms. The first kappa shape index (κ1) is 38.2. The van der Waals surface area contributed by atoms with E-state index < -0.39 is 0 Å². The highest BCUT2D eigenvalue weighted by Crippen LogP contribution is 2.21. The Bertz CT molecular complexity index is 1500. The number of hydrogen-bond donors (Lipinski definition) is 4. The molecule has 2 aromatic rings. The molecule has 0 spiro atoms. The highest BCUT2D eigenvalue weighted by molar-refractivity contribution is 6.13. The normalized spacial score (nSPS) is 12.4. The van der Waals surface area contributed by atoms with E-state index in [1.807, 2.05) is 45.0 Å². The summed E-state index contributed by atoms with van der Waals surface area (Å²) < 4.78 is 0. The van der Waals surface area contributed by atoms with Crippen LogP contribution in [-0.4, -0.2) is 18.1 Å². The zero-order valence-corrected chi connectivity index (χ0v) is 28.4. The van der Waals surface area contributed by atoms with Crippen LogP contribution in [0.5, 0.6) is 0 Å². The molecule has 240 valence electrons. The van der Waals surface area contributed by atoms with Crippen LogP contribution in [0.2, 0.25) is 0 Å². The average molecular weight is 607 g/mol. The molecule has 45 heavy (non-hydrogen) atoms. The molecule has 7 N–H and O–H groups in total. The predicted molar refractivity (Wildman–Crippen MR) is 199 cm³/mol. The number of aryl methyl sites for hydroxylation is 2. The molecule has 0 saturated carbocycles. The van der Waals surface area contributed by atoms with Gasteiger partial charge in [0.25, 0.3) is 0 Å². The molecule has 0 unspecified atom stereocenters. The second-order valence-corrected chi connectivity index (χ2v) is 11.3. The van der Waals surface area contributed by atoms with Crippen LogP contribution < -0.4 is 22.5 Å². The molecule has 0 amide bonds. The van der Waals surface area contributed by atoms with Crippen LogP contribution in [-0.2, 0) is 12.8 Å². The summed E-state index contributed by atoms with van der Waals surface area (Å²) in [7, 11) is 0. The van der Waals surface area contributed by atoms with Crippen molar-refractivity contribution in [1.29, 1.82) is 0 Å². The molecule has 0 saturated heterocycles. The zero-order valence-electron chi connectivity index (χ0n) is 28.4. The molecule has 0 heterocycles. The first-order valence-corrected chi connectivity index (χ1v) is 15.2. The lowest BCUT2D eigenvalue weighted by Crippen LogP contribution is -2.28. The van der Waals surface area contributed by atoms with Gasteiger partial charge in [-0.1, -0.05) is 107 Å². The van der Waals surface area contributed by atoms with Crippen molar-refractivity contribution in [2.45, 2.75) is 66.8 Å². The first-order valence-electron chi connectivity index (χ1n) is 15.2. The van der Waals surface area contributed by atoms with E-state index in [0.717, 1.165) is 41.5 Å². The fourth-order valence-corrected chi connectivity index (χ4v) is 4.04. The monoisotopic (exact) mass is 606 g/mol. The zero-order chi connectivity index (χ0) is 34.3. The summed E-state index contributed by atoms with van der Waals surface area (Å²) in [6.45, 7) is 36.1. The van der Waals surface area contributed by atoms with Gasteiger partial charge in [-0.2, -0.15) is 0 Å². The Labute approximate surface area is 272 Å². The molecule has 1 atom stereocenters. The van der Waals surface area contributed by atoms with Crippen LogP contribution in [0.25, 0.3) is 5.70 Å². The van der Waals surface area contributed by atoms with Gasteiger partial charge in [0.05, 0.1) is 24.0 Å². The maximum Gasteiger partial charge on any atom is 0.121 e. The second-order valence-electron chi connectivity index (χ2n) is 11.3. The standard InChI is InChI=1S/C25H34N6.C14H20/c1-15(2)14-29-21(8)31-24(13-16(3)17(4)26)20(7)30-25(19(6)28)23-11-9-22(10-12-23)18(5)27;1-5-11(3)9-14-8-7-13(6-2)10-12(14)4/h9-13,25,30H,1,4-7,14,26-28H2,2-3,8H3;7-8,10H,3,5-6,9H2,1-2,4H3/b16-13+,29-21?,31-24?;/t25-;/m0./s1. The smallest absolute Gasteiger partial charge is 0.121 e. The lowest BCUT2D eigenvalue weighted by atomic mass is 9.98. The minimum atomic E-state index is -0.389. The molecular weight excluding hydrogens is 552 g/mol. The van der Waals surface area contributed by atoms with Crippen LogP contribution in [0.15, 0.2) is 132 Å². The Kier molecular flexibility index (Phi) is 15.9. The lowest BCUT2D eigenvalue weighted by molar-refractivity contribution is 0.694. The molecular formula is C39H54N6. The predicted octanol–water partition coefficient (Wildman–Crippen LogP) is 8.15. The molecule has 0 radical (unpaired) electrons. The van der Waals surface area contributed by atoms with Crippen molar-refractivity contribution >= 4 is 17.2 Å². The van der Waals surface area contributed by atoms with E-state index in [9.17, 15) is 0 Å². The van der Waals surface area contributed by atoms with E-state index in [1.54, 1.807) is 6.08 Å². The summed E-state index contributed by atoms with van der Waals surface area (Å²) in [5, 5.41) is 3.30. The summed E-state index contributed by atoms with van der Waals surface area (Å²) in [5.74, 6) is 0.585. The maximum atomic E-state index is 6.08. The largest absolute Gasteiger partial charge is 0.401 e. The molecule has 0 aliphatic carbocycles. The van der Waals surface area contributed by atoms with Crippen LogP contribution in [0.3, 0.4) is 0 Å². The van der Waals surface area contributed by atoms with Crippen LogP contribution >= 0.6 is 0 Å². The van der Waals surface area contributed by atoms with Gasteiger partial charge in [0.15, 0.2) is 0 Å². The molecule has 2 rings (SSSR count). The van der Waals surface area contributed by atoms with Crippen molar-refractivity contribution in [2.75, 3.05) is 6.54 Å². The maximum absolute atomic E-state index is 6.08. The molecule has 0 aliphatic rings. The van der Waals surface area contributed by atoms with Gasteiger partial charge in [-0.25, -0.2) is 4.99 Å². The topological polar surface area (TPSA) is 115 Å². The SMILES string of the molecule is C=C(C)CN=C(C)N=C(/C=C(\C)C(=C)N)C(=C)N[C@@H](C(=C)N)c1ccc(C(=C)N)cc1.C=C(CC)Cc1ccc(CC)cc1C. The quantitative estimate of drug-likeness (QED) is 0.0752. The molecule has 0 fully saturated rings. The van der Waals surface area contributed by atoms with Gasteiger partial charge < -0.3 is 22.5 Å². The van der Waals surface area contributed by atoms with Gasteiger partial charge >= 0.3 is 0 Å². The van der Waals surface area contributed by atoms with Gasteiger partial charge in [-0.3, -0.25) is 4.99 Å². The second kappa shape index (κ2) is 18.7. The summed E-state index contributed by atoms with van der Waals surface area (Å²) >= 11 is 0. The van der Waals surface area contributed by atoms with E-state index in [2.05, 4.69) is 93.7 Å². The number of nitrogens with two attached hydrogens (primary N) is 3. The minimum absolute atomic E-state index is 0.389. The fourth-order valence-electron chi connectivity index (χ4n) is 4.04. The molecule has 6 heteroatoms. The van der Waals surface area contributed by atoms with E-state index in [4.69, 9.17) is 17.2 Å². The number of allylic oxidation sites excluding steroid dienone is 3. The average Bonchev–Trinajstić information content (AvgIpc) is 2.99. The number of nitrogens with one attached hydrogen (secondary N) is 1. The van der Waals surface area contributed by atoms with E-state index in [-0.39, 0.29) is 6.04 Å². The Morgan fingerprint density at radius 2 is 1.53 bits per heavy atom. The number of rotatable bonds is 14. The lowest BCUT2D eigenvalue weighted by Gasteiger charge is -2.22. The Morgan fingerprint density at radius 1 is 0.911 bits per heavy atom. The van der Waals surface area contributed by atoms with E-state index in [0.29, 0.717) is 40.9 Å². The highest BCUT2D eigenvalue weighted by Gasteiger charge is 2.16. The highest BCUT2D eigenvalue weighted by atomic mass is 15.0. The number of amidine groups is 1. The molecule has 0 aromatic heterocycles. The number of hydrogen-bond acceptors (Lipinski definition) is 5. The van der Waals surface area contributed by atoms with Crippen LogP contribution in [0, 0.1) is 6.92 Å². The summed E-state index contributed by atoms with van der Waals surface area (Å²) in [6.07, 6.45) is 5.03. The third-order valence-corrected chi connectivity index (χ3v) is 7.09.